The Morgan fingerprint density at radius 2 is 2.18 bits per heavy atom. The van der Waals surface area contributed by atoms with E-state index < -0.39 is 18.0 Å². The second-order valence-electron chi connectivity index (χ2n) is 4.95. The summed E-state index contributed by atoms with van der Waals surface area (Å²) in [6, 6.07) is -1.37. The molecule has 0 aromatic heterocycles. The summed E-state index contributed by atoms with van der Waals surface area (Å²) in [5, 5.41) is 13.5. The molecule has 1 saturated heterocycles. The Bertz CT molecular complexity index is 304. The standard InChI is InChI=1S/C11H20N2O4/c1-7(9(14)15)13-10(16)12-6-8-4-5-11(2,3)17-8/h7-8H,4-6H2,1-3H3,(H,14,15)(H2,12,13,16). The predicted molar refractivity (Wildman–Crippen MR) is 61.8 cm³/mol. The summed E-state index contributed by atoms with van der Waals surface area (Å²) in [5.74, 6) is -1.06. The van der Waals surface area contributed by atoms with Crippen molar-refractivity contribution < 1.29 is 19.4 Å². The van der Waals surface area contributed by atoms with Crippen molar-refractivity contribution in [2.24, 2.45) is 0 Å². The molecule has 0 aromatic rings. The van der Waals surface area contributed by atoms with Gasteiger partial charge in [-0.2, -0.15) is 0 Å². The molecule has 1 aliphatic heterocycles. The molecule has 0 bridgehead atoms. The molecular formula is C11H20N2O4. The van der Waals surface area contributed by atoms with Gasteiger partial charge in [-0.25, -0.2) is 4.79 Å². The molecule has 1 heterocycles. The predicted octanol–water partition coefficient (Wildman–Crippen LogP) is 0.716. The van der Waals surface area contributed by atoms with E-state index in [1.807, 2.05) is 13.8 Å². The van der Waals surface area contributed by atoms with Crippen molar-refractivity contribution in [3.8, 4) is 0 Å². The molecule has 0 spiro atoms. The third-order valence-electron chi connectivity index (χ3n) is 2.76. The van der Waals surface area contributed by atoms with Crippen LogP contribution in [0.15, 0.2) is 0 Å². The van der Waals surface area contributed by atoms with Crippen LogP contribution in [0.2, 0.25) is 0 Å². The van der Waals surface area contributed by atoms with E-state index in [1.165, 1.54) is 6.92 Å². The Morgan fingerprint density at radius 3 is 2.65 bits per heavy atom. The van der Waals surface area contributed by atoms with Crippen LogP contribution in [0, 0.1) is 0 Å². The molecule has 0 radical (unpaired) electrons. The van der Waals surface area contributed by atoms with Gasteiger partial charge in [0.2, 0.25) is 0 Å². The van der Waals surface area contributed by atoms with E-state index in [2.05, 4.69) is 10.6 Å². The fraction of sp³-hybridized carbons (Fsp3) is 0.818. The van der Waals surface area contributed by atoms with E-state index in [4.69, 9.17) is 9.84 Å². The van der Waals surface area contributed by atoms with Gasteiger partial charge >= 0.3 is 12.0 Å². The van der Waals surface area contributed by atoms with Crippen LogP contribution >= 0.6 is 0 Å². The molecule has 0 aliphatic carbocycles. The van der Waals surface area contributed by atoms with Crippen molar-refractivity contribution in [3.63, 3.8) is 0 Å². The zero-order chi connectivity index (χ0) is 13.1. The molecular weight excluding hydrogens is 224 g/mol. The highest BCUT2D eigenvalue weighted by molar-refractivity contribution is 5.82. The van der Waals surface area contributed by atoms with Crippen molar-refractivity contribution in [2.45, 2.75) is 51.4 Å². The van der Waals surface area contributed by atoms with E-state index in [1.54, 1.807) is 0 Å². The molecule has 3 N–H and O–H groups in total. The Hall–Kier alpha value is -1.30. The van der Waals surface area contributed by atoms with E-state index in [-0.39, 0.29) is 11.7 Å². The molecule has 1 fully saturated rings. The monoisotopic (exact) mass is 244 g/mol. The van der Waals surface area contributed by atoms with Crippen molar-refractivity contribution in [1.82, 2.24) is 10.6 Å². The van der Waals surface area contributed by atoms with Gasteiger partial charge in [0.15, 0.2) is 0 Å². The summed E-state index contributed by atoms with van der Waals surface area (Å²) >= 11 is 0. The number of carboxylic acid groups (broad SMARTS) is 1. The number of carbonyl (C=O) groups excluding carboxylic acids is 1. The van der Waals surface area contributed by atoms with Crippen LogP contribution in [0.25, 0.3) is 0 Å². The van der Waals surface area contributed by atoms with Crippen molar-refractivity contribution in [2.75, 3.05) is 6.54 Å². The summed E-state index contributed by atoms with van der Waals surface area (Å²) in [4.78, 5) is 21.8. The maximum atomic E-state index is 11.3. The summed E-state index contributed by atoms with van der Waals surface area (Å²) in [6.45, 7) is 5.85. The van der Waals surface area contributed by atoms with Gasteiger partial charge in [0.25, 0.3) is 0 Å². The van der Waals surface area contributed by atoms with Gasteiger partial charge in [0.1, 0.15) is 6.04 Å². The maximum Gasteiger partial charge on any atom is 0.325 e. The van der Waals surface area contributed by atoms with E-state index in [9.17, 15) is 9.59 Å². The first-order chi connectivity index (χ1) is 7.80. The summed E-state index contributed by atoms with van der Waals surface area (Å²) in [7, 11) is 0. The van der Waals surface area contributed by atoms with Gasteiger partial charge in [-0.05, 0) is 33.6 Å². The third-order valence-corrected chi connectivity index (χ3v) is 2.76. The van der Waals surface area contributed by atoms with Gasteiger partial charge < -0.3 is 20.5 Å². The normalized spacial score (nSPS) is 24.1. The first-order valence-corrected chi connectivity index (χ1v) is 5.75. The number of hydrogen-bond acceptors (Lipinski definition) is 3. The quantitative estimate of drug-likeness (QED) is 0.680. The van der Waals surface area contributed by atoms with Crippen molar-refractivity contribution in [1.29, 1.82) is 0 Å². The number of carbonyl (C=O) groups is 2. The van der Waals surface area contributed by atoms with Crippen molar-refractivity contribution >= 4 is 12.0 Å². The maximum absolute atomic E-state index is 11.3. The lowest BCUT2D eigenvalue weighted by molar-refractivity contribution is -0.138. The Labute approximate surface area is 101 Å². The smallest absolute Gasteiger partial charge is 0.325 e. The van der Waals surface area contributed by atoms with Gasteiger partial charge in [0, 0.05) is 6.54 Å². The first kappa shape index (κ1) is 13.8. The molecule has 98 valence electrons. The number of amides is 2. The number of carboxylic acids is 1. The minimum atomic E-state index is -1.06. The molecule has 2 atom stereocenters. The number of ether oxygens (including phenoxy) is 1. The van der Waals surface area contributed by atoms with Gasteiger partial charge in [-0.1, -0.05) is 0 Å². The molecule has 0 saturated carbocycles. The molecule has 6 heteroatoms. The fourth-order valence-corrected chi connectivity index (χ4v) is 1.74. The van der Waals surface area contributed by atoms with Crippen LogP contribution in [-0.4, -0.2) is 41.4 Å². The van der Waals surface area contributed by atoms with Gasteiger partial charge in [-0.15, -0.1) is 0 Å². The van der Waals surface area contributed by atoms with Crippen LogP contribution in [-0.2, 0) is 9.53 Å². The zero-order valence-corrected chi connectivity index (χ0v) is 10.4. The number of aliphatic carboxylic acids is 1. The Balaban J connectivity index is 2.23. The lowest BCUT2D eigenvalue weighted by atomic mass is 10.1. The summed E-state index contributed by atoms with van der Waals surface area (Å²) in [6.07, 6.45) is 1.88. The van der Waals surface area contributed by atoms with E-state index in [0.717, 1.165) is 12.8 Å². The lowest BCUT2D eigenvalue weighted by Crippen LogP contribution is -2.46. The third kappa shape index (κ3) is 4.60. The van der Waals surface area contributed by atoms with Crippen LogP contribution in [0.3, 0.4) is 0 Å². The average Bonchev–Trinajstić information content (AvgIpc) is 2.55. The van der Waals surface area contributed by atoms with Crippen LogP contribution in [0.5, 0.6) is 0 Å². The van der Waals surface area contributed by atoms with E-state index in [0.29, 0.717) is 6.54 Å². The fourth-order valence-electron chi connectivity index (χ4n) is 1.74. The number of urea groups is 1. The minimum absolute atomic E-state index is 0.0101. The molecule has 0 aromatic carbocycles. The molecule has 2 amide bonds. The lowest BCUT2D eigenvalue weighted by Gasteiger charge is -2.19. The largest absolute Gasteiger partial charge is 0.480 e. The van der Waals surface area contributed by atoms with Crippen LogP contribution < -0.4 is 10.6 Å². The minimum Gasteiger partial charge on any atom is -0.480 e. The van der Waals surface area contributed by atoms with Crippen LogP contribution in [0.4, 0.5) is 4.79 Å². The highest BCUT2D eigenvalue weighted by atomic mass is 16.5. The van der Waals surface area contributed by atoms with Crippen LogP contribution in [0.1, 0.15) is 33.6 Å². The summed E-state index contributed by atoms with van der Waals surface area (Å²) in [5.41, 5.74) is -0.128. The topological polar surface area (TPSA) is 87.7 Å². The molecule has 17 heavy (non-hydrogen) atoms. The van der Waals surface area contributed by atoms with E-state index >= 15 is 0 Å². The Morgan fingerprint density at radius 1 is 1.53 bits per heavy atom. The van der Waals surface area contributed by atoms with Crippen molar-refractivity contribution in [3.05, 3.63) is 0 Å². The second-order valence-corrected chi connectivity index (χ2v) is 4.95. The van der Waals surface area contributed by atoms with Gasteiger partial charge in [-0.3, -0.25) is 4.79 Å². The Kier molecular flexibility index (Phi) is 4.34. The highest BCUT2D eigenvalue weighted by Crippen LogP contribution is 2.28. The summed E-state index contributed by atoms with van der Waals surface area (Å²) < 4.78 is 5.69. The number of rotatable bonds is 4. The molecule has 6 nitrogen and oxygen atoms in total. The molecule has 2 unspecified atom stereocenters. The zero-order valence-electron chi connectivity index (χ0n) is 10.4. The molecule has 1 rings (SSSR count). The number of nitrogens with one attached hydrogen (secondary N) is 2. The van der Waals surface area contributed by atoms with Gasteiger partial charge in [0.05, 0.1) is 11.7 Å². The first-order valence-electron chi connectivity index (χ1n) is 5.75. The highest BCUT2D eigenvalue weighted by Gasteiger charge is 2.31. The second kappa shape index (κ2) is 5.35. The molecule has 1 aliphatic rings. The number of hydrogen-bond donors (Lipinski definition) is 3. The average molecular weight is 244 g/mol. The SMILES string of the molecule is CC(NC(=O)NCC1CCC(C)(C)O1)C(=O)O.